The highest BCUT2D eigenvalue weighted by molar-refractivity contribution is 5.85. The molecule has 1 heterocycles. The SMILES string of the molecule is COC1CCN(Cc2cc(F)ccc2F)C(CN)C1.Cl. The average molecular weight is 307 g/mol. The van der Waals surface area contributed by atoms with Crippen molar-refractivity contribution < 1.29 is 13.5 Å². The minimum Gasteiger partial charge on any atom is -0.381 e. The van der Waals surface area contributed by atoms with E-state index in [0.29, 0.717) is 18.7 Å². The van der Waals surface area contributed by atoms with Gasteiger partial charge in [-0.05, 0) is 31.0 Å². The monoisotopic (exact) mass is 306 g/mol. The zero-order chi connectivity index (χ0) is 13.8. The maximum Gasteiger partial charge on any atom is 0.127 e. The van der Waals surface area contributed by atoms with Gasteiger partial charge in [0.1, 0.15) is 11.6 Å². The third kappa shape index (κ3) is 4.12. The van der Waals surface area contributed by atoms with Crippen LogP contribution in [0.1, 0.15) is 18.4 Å². The average Bonchev–Trinajstić information content (AvgIpc) is 2.43. The molecule has 0 aromatic heterocycles. The molecule has 0 radical (unpaired) electrons. The van der Waals surface area contributed by atoms with Crippen molar-refractivity contribution in [3.05, 3.63) is 35.4 Å². The molecule has 114 valence electrons. The highest BCUT2D eigenvalue weighted by Crippen LogP contribution is 2.22. The van der Waals surface area contributed by atoms with Gasteiger partial charge in [-0.25, -0.2) is 8.78 Å². The highest BCUT2D eigenvalue weighted by atomic mass is 35.5. The normalized spacial score (nSPS) is 23.4. The second-order valence-electron chi connectivity index (χ2n) is 4.98. The van der Waals surface area contributed by atoms with Gasteiger partial charge in [0.25, 0.3) is 0 Å². The molecule has 1 aromatic carbocycles. The van der Waals surface area contributed by atoms with Crippen molar-refractivity contribution in [1.82, 2.24) is 4.90 Å². The second-order valence-corrected chi connectivity index (χ2v) is 4.98. The Morgan fingerprint density at radius 1 is 1.40 bits per heavy atom. The van der Waals surface area contributed by atoms with E-state index in [-0.39, 0.29) is 30.4 Å². The van der Waals surface area contributed by atoms with Crippen LogP contribution < -0.4 is 5.73 Å². The molecule has 0 saturated carbocycles. The molecule has 2 atom stereocenters. The van der Waals surface area contributed by atoms with Gasteiger partial charge in [-0.1, -0.05) is 0 Å². The first-order valence-electron chi connectivity index (χ1n) is 6.55. The van der Waals surface area contributed by atoms with Crippen LogP contribution in [0.2, 0.25) is 0 Å². The summed E-state index contributed by atoms with van der Waals surface area (Å²) in [5, 5.41) is 0. The van der Waals surface area contributed by atoms with Crippen LogP contribution >= 0.6 is 12.4 Å². The lowest BCUT2D eigenvalue weighted by atomic mass is 9.98. The number of rotatable bonds is 4. The maximum atomic E-state index is 13.6. The van der Waals surface area contributed by atoms with Crippen molar-refractivity contribution in [3.8, 4) is 0 Å². The van der Waals surface area contributed by atoms with Gasteiger partial charge in [-0.15, -0.1) is 12.4 Å². The van der Waals surface area contributed by atoms with Crippen LogP contribution in [0.5, 0.6) is 0 Å². The van der Waals surface area contributed by atoms with Gasteiger partial charge in [-0.2, -0.15) is 0 Å². The molecule has 1 aliphatic rings. The third-order valence-electron chi connectivity index (χ3n) is 3.78. The number of ether oxygens (including phenoxy) is 1. The van der Waals surface area contributed by atoms with Gasteiger partial charge in [0.15, 0.2) is 0 Å². The Kier molecular flexibility index (Phi) is 6.82. The van der Waals surface area contributed by atoms with Gasteiger partial charge in [0.05, 0.1) is 6.10 Å². The van der Waals surface area contributed by atoms with Crippen molar-refractivity contribution in [2.45, 2.75) is 31.5 Å². The standard InChI is InChI=1S/C14H20F2N2O.ClH/c1-19-13-4-5-18(12(7-13)8-17)9-10-6-11(15)2-3-14(10)16;/h2-3,6,12-13H,4-5,7-9,17H2,1H3;1H. The molecule has 2 unspecified atom stereocenters. The molecule has 20 heavy (non-hydrogen) atoms. The van der Waals surface area contributed by atoms with Crippen molar-refractivity contribution in [3.63, 3.8) is 0 Å². The molecule has 2 N–H and O–H groups in total. The Morgan fingerprint density at radius 2 is 2.15 bits per heavy atom. The fraction of sp³-hybridized carbons (Fsp3) is 0.571. The first-order valence-corrected chi connectivity index (χ1v) is 6.55. The molecule has 0 bridgehead atoms. The van der Waals surface area contributed by atoms with E-state index in [1.807, 2.05) is 0 Å². The van der Waals surface area contributed by atoms with Crippen LogP contribution in [0.25, 0.3) is 0 Å². The van der Waals surface area contributed by atoms with E-state index in [1.54, 1.807) is 7.11 Å². The molecular formula is C14H21ClF2N2O. The van der Waals surface area contributed by atoms with Crippen LogP contribution in [0, 0.1) is 11.6 Å². The first kappa shape index (κ1) is 17.3. The lowest BCUT2D eigenvalue weighted by Gasteiger charge is -2.38. The topological polar surface area (TPSA) is 38.5 Å². The first-order chi connectivity index (χ1) is 9.13. The Morgan fingerprint density at radius 3 is 2.80 bits per heavy atom. The van der Waals surface area contributed by atoms with E-state index in [2.05, 4.69) is 4.90 Å². The lowest BCUT2D eigenvalue weighted by molar-refractivity contribution is 0.00984. The minimum atomic E-state index is -0.410. The number of nitrogens with zero attached hydrogens (tertiary/aromatic N) is 1. The molecule has 2 rings (SSSR count). The van der Waals surface area contributed by atoms with Gasteiger partial charge >= 0.3 is 0 Å². The van der Waals surface area contributed by atoms with Crippen LogP contribution in [-0.2, 0) is 11.3 Å². The Bertz CT molecular complexity index is 434. The number of nitrogens with two attached hydrogens (primary N) is 1. The number of hydrogen-bond acceptors (Lipinski definition) is 3. The predicted octanol–water partition coefficient (Wildman–Crippen LogP) is 2.32. The molecule has 0 spiro atoms. The van der Waals surface area contributed by atoms with Gasteiger partial charge in [-0.3, -0.25) is 4.90 Å². The molecule has 0 aliphatic carbocycles. The van der Waals surface area contributed by atoms with Crippen molar-refractivity contribution in [1.29, 1.82) is 0 Å². The summed E-state index contributed by atoms with van der Waals surface area (Å²) >= 11 is 0. The quantitative estimate of drug-likeness (QED) is 0.928. The van der Waals surface area contributed by atoms with Crippen molar-refractivity contribution >= 4 is 12.4 Å². The number of hydrogen-bond donors (Lipinski definition) is 1. The number of halogens is 3. The van der Waals surface area contributed by atoms with Crippen molar-refractivity contribution in [2.24, 2.45) is 5.73 Å². The number of methoxy groups -OCH3 is 1. The largest absolute Gasteiger partial charge is 0.381 e. The lowest BCUT2D eigenvalue weighted by Crippen LogP contribution is -2.48. The molecule has 3 nitrogen and oxygen atoms in total. The molecule has 6 heteroatoms. The van der Waals surface area contributed by atoms with Gasteiger partial charge in [0.2, 0.25) is 0 Å². The fourth-order valence-corrected chi connectivity index (χ4v) is 2.61. The molecular weight excluding hydrogens is 286 g/mol. The Hall–Kier alpha value is -0.750. The fourth-order valence-electron chi connectivity index (χ4n) is 2.61. The predicted molar refractivity (Wildman–Crippen MR) is 76.9 cm³/mol. The summed E-state index contributed by atoms with van der Waals surface area (Å²) in [7, 11) is 1.69. The summed E-state index contributed by atoms with van der Waals surface area (Å²) in [6.45, 7) is 1.68. The smallest absolute Gasteiger partial charge is 0.127 e. The summed E-state index contributed by atoms with van der Waals surface area (Å²) in [6.07, 6.45) is 1.94. The maximum absolute atomic E-state index is 13.6. The van der Waals surface area contributed by atoms with Gasteiger partial charge < -0.3 is 10.5 Å². The molecule has 1 saturated heterocycles. The van der Waals surface area contributed by atoms with Crippen LogP contribution in [-0.4, -0.2) is 37.2 Å². The van der Waals surface area contributed by atoms with Gasteiger partial charge in [0, 0.05) is 38.3 Å². The zero-order valence-corrected chi connectivity index (χ0v) is 12.3. The Labute approximate surface area is 124 Å². The van der Waals surface area contributed by atoms with E-state index in [9.17, 15) is 8.78 Å². The molecule has 1 fully saturated rings. The van der Waals surface area contributed by atoms with Crippen molar-refractivity contribution in [2.75, 3.05) is 20.2 Å². The van der Waals surface area contributed by atoms with E-state index < -0.39 is 5.82 Å². The molecule has 1 aliphatic heterocycles. The van der Waals surface area contributed by atoms with Crippen LogP contribution in [0.15, 0.2) is 18.2 Å². The highest BCUT2D eigenvalue weighted by Gasteiger charge is 2.28. The number of piperidine rings is 1. The minimum absolute atomic E-state index is 0. The molecule has 0 amide bonds. The number of benzene rings is 1. The summed E-state index contributed by atoms with van der Waals surface area (Å²) in [5.74, 6) is -0.779. The summed E-state index contributed by atoms with van der Waals surface area (Å²) in [6, 6.07) is 3.72. The van der Waals surface area contributed by atoms with E-state index in [4.69, 9.17) is 10.5 Å². The van der Waals surface area contributed by atoms with Crippen LogP contribution in [0.4, 0.5) is 8.78 Å². The number of likely N-dealkylation sites (tertiary alicyclic amines) is 1. The second kappa shape index (κ2) is 7.88. The third-order valence-corrected chi connectivity index (χ3v) is 3.78. The van der Waals surface area contributed by atoms with E-state index >= 15 is 0 Å². The summed E-state index contributed by atoms with van der Waals surface area (Å²) < 4.78 is 32.2. The summed E-state index contributed by atoms with van der Waals surface area (Å²) in [5.41, 5.74) is 6.15. The zero-order valence-electron chi connectivity index (χ0n) is 11.5. The molecule has 1 aromatic rings. The summed E-state index contributed by atoms with van der Waals surface area (Å²) in [4.78, 5) is 2.10. The van der Waals surface area contributed by atoms with Crippen LogP contribution in [0.3, 0.4) is 0 Å². The van der Waals surface area contributed by atoms with E-state index in [0.717, 1.165) is 25.5 Å². The van der Waals surface area contributed by atoms with E-state index in [1.165, 1.54) is 12.1 Å². The Balaban J connectivity index is 0.00000200.